The van der Waals surface area contributed by atoms with E-state index < -0.39 is 255 Å². The minimum atomic E-state index is -2.04. The average Bonchev–Trinajstić information content (AvgIpc) is 0.670. The van der Waals surface area contributed by atoms with Crippen LogP contribution >= 0.6 is 0 Å². The molecular weight excluding hydrogens is 1420 g/mol. The lowest BCUT2D eigenvalue weighted by Crippen LogP contribution is -2.70. The summed E-state index contributed by atoms with van der Waals surface area (Å²) in [7, 11) is 0. The molecule has 0 aromatic heterocycles. The Morgan fingerprint density at radius 1 is 0.528 bits per heavy atom. The minimum Gasteiger partial charge on any atom is -0.432 e. The predicted molar refractivity (Wildman–Crippen MR) is 373 cm³/mol. The van der Waals surface area contributed by atoms with E-state index in [-0.39, 0.29) is 37.1 Å². The quantitative estimate of drug-likeness (QED) is 0.0165. The molecule has 0 aromatic rings. The number of aliphatic hydroxyl groups is 16. The molecular formula is C76H125NO31. The zero-order valence-corrected chi connectivity index (χ0v) is 63.7. The Labute approximate surface area is 630 Å². The first-order valence-corrected chi connectivity index (χ1v) is 39.6. The lowest BCUT2D eigenvalue weighted by molar-refractivity contribution is -0.391. The Morgan fingerprint density at radius 2 is 1.08 bits per heavy atom. The molecule has 17 N–H and O–H groups in total. The van der Waals surface area contributed by atoms with Crippen LogP contribution in [0.3, 0.4) is 0 Å². The third-order valence-corrected chi connectivity index (χ3v) is 27.6. The fourth-order valence-corrected chi connectivity index (χ4v) is 20.7. The lowest BCUT2D eigenvalue weighted by atomic mass is 9.33. The van der Waals surface area contributed by atoms with Crippen molar-refractivity contribution in [2.45, 2.75) is 369 Å². The number of esters is 1. The summed E-state index contributed by atoms with van der Waals surface area (Å²) in [6.07, 6.45) is -34.3. The molecule has 38 atom stereocenters. The highest BCUT2D eigenvalue weighted by molar-refractivity contribution is 5.82. The van der Waals surface area contributed by atoms with Crippen LogP contribution in [0.5, 0.6) is 0 Å². The Balaban J connectivity index is 0.851. The van der Waals surface area contributed by atoms with Gasteiger partial charge in [0.25, 0.3) is 5.91 Å². The molecule has 108 heavy (non-hydrogen) atoms. The number of hydrogen-bond donors (Lipinski definition) is 17. The summed E-state index contributed by atoms with van der Waals surface area (Å²) in [6.45, 7) is 16.0. The molecule has 5 aliphatic carbocycles. The second-order valence-electron chi connectivity index (χ2n) is 34.9. The number of aliphatic hydroxyl groups excluding tert-OH is 16. The van der Waals surface area contributed by atoms with Crippen LogP contribution in [-0.2, 0) is 71.2 Å². The van der Waals surface area contributed by atoms with E-state index in [2.05, 4.69) is 52.9 Å². The van der Waals surface area contributed by atoms with Gasteiger partial charge in [0.1, 0.15) is 122 Å². The van der Waals surface area contributed by atoms with E-state index in [9.17, 15) is 91.3 Å². The van der Waals surface area contributed by atoms with Gasteiger partial charge in [-0.25, -0.2) is 0 Å². The van der Waals surface area contributed by atoms with Crippen LogP contribution in [0, 0.1) is 50.2 Å². The molecule has 3 unspecified atom stereocenters. The van der Waals surface area contributed by atoms with Crippen molar-refractivity contribution in [2.24, 2.45) is 50.2 Å². The van der Waals surface area contributed by atoms with Crippen LogP contribution in [-0.4, -0.2) is 310 Å². The molecule has 620 valence electrons. The van der Waals surface area contributed by atoms with Crippen molar-refractivity contribution in [3.63, 3.8) is 0 Å². The van der Waals surface area contributed by atoms with E-state index in [0.29, 0.717) is 44.9 Å². The first-order chi connectivity index (χ1) is 51.0. The van der Waals surface area contributed by atoms with Crippen LogP contribution < -0.4 is 5.32 Å². The van der Waals surface area contributed by atoms with Crippen molar-refractivity contribution in [1.82, 2.24) is 5.32 Å². The van der Waals surface area contributed by atoms with Crippen molar-refractivity contribution in [3.8, 4) is 0 Å². The Kier molecular flexibility index (Phi) is 27.6. The van der Waals surface area contributed by atoms with Gasteiger partial charge < -0.3 is 149 Å². The van der Waals surface area contributed by atoms with Gasteiger partial charge in [0, 0.05) is 6.54 Å². The Hall–Kier alpha value is -2.73. The normalized spacial score (nSPS) is 50.2. The maximum Gasteiger partial charge on any atom is 0.317 e. The summed E-state index contributed by atoms with van der Waals surface area (Å²) in [5.41, 5.74) is -4.49. The number of carbonyl (C=O) groups excluding carboxylic acids is 3. The third-order valence-electron chi connectivity index (χ3n) is 27.6. The molecule has 32 nitrogen and oxygen atoms in total. The first kappa shape index (κ1) is 86.1. The Morgan fingerprint density at radius 3 is 1.70 bits per heavy atom. The van der Waals surface area contributed by atoms with Crippen molar-refractivity contribution >= 4 is 18.2 Å². The van der Waals surface area contributed by atoms with Gasteiger partial charge in [0.05, 0.1) is 49.7 Å². The van der Waals surface area contributed by atoms with Gasteiger partial charge >= 0.3 is 5.97 Å². The van der Waals surface area contributed by atoms with Gasteiger partial charge in [-0.1, -0.05) is 118 Å². The molecule has 6 aliphatic heterocycles. The highest BCUT2D eigenvalue weighted by Crippen LogP contribution is 2.76. The molecule has 1 amide bonds. The molecule has 32 heteroatoms. The summed E-state index contributed by atoms with van der Waals surface area (Å²) in [6, 6.07) is 0. The number of ether oxygens (including phenoxy) is 12. The highest BCUT2D eigenvalue weighted by atomic mass is 16.8. The monoisotopic (exact) mass is 1550 g/mol. The Bertz CT molecular complexity index is 3030. The summed E-state index contributed by atoms with van der Waals surface area (Å²) in [5, 5.41) is 182. The second-order valence-corrected chi connectivity index (χ2v) is 34.9. The van der Waals surface area contributed by atoms with E-state index in [1.165, 1.54) is 33.1 Å². The minimum absolute atomic E-state index is 0.0858. The van der Waals surface area contributed by atoms with Crippen molar-refractivity contribution in [3.05, 3.63) is 11.6 Å². The molecule has 6 heterocycles. The van der Waals surface area contributed by atoms with E-state index in [1.807, 2.05) is 0 Å². The van der Waals surface area contributed by atoms with Gasteiger partial charge in [-0.2, -0.15) is 0 Å². The summed E-state index contributed by atoms with van der Waals surface area (Å²) in [4.78, 5) is 44.8. The topological polar surface area (TPSA) is 498 Å². The number of carbonyl (C=O) groups is 3. The first-order valence-electron chi connectivity index (χ1n) is 39.6. The zero-order chi connectivity index (χ0) is 78.7. The molecule has 10 fully saturated rings. The fraction of sp³-hybridized carbons (Fsp3) is 0.934. The number of aldehydes is 1. The molecule has 0 spiro atoms. The number of allylic oxidation sites excluding steroid dienone is 2. The molecule has 6 saturated heterocycles. The zero-order valence-electron chi connectivity index (χ0n) is 63.7. The molecule has 11 rings (SSSR count). The SMILES string of the molecule is CCCCCCCCCCCCNC(=O)[C@H]1O[C@@H](O[C@H]2CC[C@@]3(C)C(CC[C@]4(C)C3CC=C3C5CC(C)(C)CC[C@]5(C(=O)O[C@@H]5O[C@H](C)[C@H](O)[C@H](O)[C@H]5O[C@@H]5O[C@@H](C)[C@H](O[C@@H]6OC[C@@H](O)[C@H](O)[C@H]6O)[C@@H](O)[C@H]5O)[C@H](O)C[C@]34C)[C@]2(C)C=O)[C@H](O[C@@H]2O[C@H](CO)[C@H](O)[C@H](O)[C@H]2O)[C@@H](O[C@@H]2OC[C@@H](O)[C@H](O)[C@H]2O)[C@@H]1O. The van der Waals surface area contributed by atoms with Gasteiger partial charge in [-0.05, 0) is 117 Å². The highest BCUT2D eigenvalue weighted by Gasteiger charge is 2.73. The third kappa shape index (κ3) is 16.2. The number of amides is 1. The summed E-state index contributed by atoms with van der Waals surface area (Å²) >= 11 is 0. The maximum absolute atomic E-state index is 15.7. The van der Waals surface area contributed by atoms with E-state index in [4.69, 9.17) is 56.8 Å². The summed E-state index contributed by atoms with van der Waals surface area (Å²) < 4.78 is 73.8. The molecule has 0 radical (unpaired) electrons. The van der Waals surface area contributed by atoms with Gasteiger partial charge in [0.15, 0.2) is 43.7 Å². The number of hydrogen-bond acceptors (Lipinski definition) is 31. The van der Waals surface area contributed by atoms with Gasteiger partial charge in [-0.15, -0.1) is 0 Å². The van der Waals surface area contributed by atoms with Crippen molar-refractivity contribution in [1.29, 1.82) is 0 Å². The van der Waals surface area contributed by atoms with Gasteiger partial charge in [0.2, 0.25) is 6.29 Å². The van der Waals surface area contributed by atoms with E-state index in [0.717, 1.165) is 50.4 Å². The number of unbranched alkanes of at least 4 members (excludes halogenated alkanes) is 9. The van der Waals surface area contributed by atoms with Crippen molar-refractivity contribution in [2.75, 3.05) is 26.4 Å². The predicted octanol–water partition coefficient (Wildman–Crippen LogP) is -0.859. The maximum atomic E-state index is 15.7. The average molecular weight is 1550 g/mol. The standard InChI is InChI=1S/C76H125NO31/c1-10-11-12-13-14-15-16-17-18-19-28-77-63(95)60-57(94)59(104-65-54(91)48(85)40(81)33-98-65)62(107-67-55(92)50(87)49(86)41(31-78)101-67)69(105-60)102-45-23-24-72(6)42(73(45,7)34-79)22-25-74(8)43(72)21-20-37-38-29-71(4,5)26-27-76(38,44(82)30-75(37,74)9)70(96)108-68-61(51(88)46(83)35(2)99-68)106-66-56(93)52(89)58(36(3)100-66)103-64-53(90)47(84)39(80)32-97-64/h20,34-36,38-62,64-69,78,80-94H,10-19,21-33H2,1-9H3,(H,77,95)/t35-,36+,38?,39-,40-,41-,42?,43?,44-,45+,46+,47+,48+,49+,50+,51+,52+,53-,54-,55-,56-,57+,58+,59+,60+,61-,62-,64+,65+,66+,67+,68+,69-,72+,73+,74-,75-,76-/m1/s1. The number of rotatable bonds is 26. The lowest BCUT2D eigenvalue weighted by Gasteiger charge is -2.71. The van der Waals surface area contributed by atoms with Gasteiger partial charge in [-0.3, -0.25) is 9.59 Å². The number of nitrogens with one attached hydrogen (secondary N) is 1. The van der Waals surface area contributed by atoms with Crippen molar-refractivity contribution < 1.29 is 153 Å². The van der Waals surface area contributed by atoms with Crippen LogP contribution in [0.2, 0.25) is 0 Å². The van der Waals surface area contributed by atoms with E-state index >= 15 is 4.79 Å². The van der Waals surface area contributed by atoms with E-state index in [1.54, 1.807) is 6.92 Å². The fourth-order valence-electron chi connectivity index (χ4n) is 20.7. The smallest absolute Gasteiger partial charge is 0.317 e. The van der Waals surface area contributed by atoms with Crippen LogP contribution in [0.4, 0.5) is 0 Å². The largest absolute Gasteiger partial charge is 0.432 e. The molecule has 0 aromatic carbocycles. The van der Waals surface area contributed by atoms with Crippen LogP contribution in [0.15, 0.2) is 11.6 Å². The molecule has 11 aliphatic rings. The molecule has 0 bridgehead atoms. The summed E-state index contributed by atoms with van der Waals surface area (Å²) in [5.74, 6) is -2.91. The van der Waals surface area contributed by atoms with Crippen LogP contribution in [0.25, 0.3) is 0 Å². The number of fused-ring (bicyclic) bond motifs is 7. The van der Waals surface area contributed by atoms with Crippen LogP contribution in [0.1, 0.15) is 184 Å². The molecule has 4 saturated carbocycles. The second kappa shape index (κ2) is 34.6.